The molecule has 5 nitrogen and oxygen atoms in total. The molecule has 3 aromatic rings. The van der Waals surface area contributed by atoms with Gasteiger partial charge in [0, 0.05) is 11.6 Å². The van der Waals surface area contributed by atoms with Gasteiger partial charge in [-0.2, -0.15) is 10.1 Å². The van der Waals surface area contributed by atoms with E-state index < -0.39 is 0 Å². The van der Waals surface area contributed by atoms with Gasteiger partial charge in [-0.3, -0.25) is 0 Å². The smallest absolute Gasteiger partial charge is 0.290 e. The lowest BCUT2D eigenvalue weighted by molar-refractivity contribution is 0.386. The lowest BCUT2D eigenvalue weighted by Crippen LogP contribution is -1.96. The van der Waals surface area contributed by atoms with Crippen molar-refractivity contribution in [2.24, 2.45) is 0 Å². The molecule has 0 saturated heterocycles. The molecule has 0 aliphatic heterocycles. The zero-order valence-electron chi connectivity index (χ0n) is 8.17. The van der Waals surface area contributed by atoms with E-state index in [0.29, 0.717) is 11.8 Å². The third kappa shape index (κ3) is 1.45. The highest BCUT2D eigenvalue weighted by molar-refractivity contribution is 6.16. The summed E-state index contributed by atoms with van der Waals surface area (Å²) in [5, 5.41) is 9.13. The van der Waals surface area contributed by atoms with E-state index >= 15 is 0 Å². The molecule has 2 aromatic heterocycles. The largest absolute Gasteiger partial charge is 0.336 e. The van der Waals surface area contributed by atoms with Crippen molar-refractivity contribution in [3.63, 3.8) is 0 Å². The van der Waals surface area contributed by atoms with Crippen molar-refractivity contribution in [1.82, 2.24) is 19.9 Å². The first-order valence-electron chi connectivity index (χ1n) is 4.70. The molecule has 0 amide bonds. The SMILES string of the molecule is ClCc1nc(-n2cc3ccccc3n2)no1. The van der Waals surface area contributed by atoms with Gasteiger partial charge in [-0.05, 0) is 11.2 Å². The van der Waals surface area contributed by atoms with E-state index in [1.54, 1.807) is 4.68 Å². The molecule has 0 N–H and O–H groups in total. The minimum Gasteiger partial charge on any atom is -0.336 e. The predicted molar refractivity (Wildman–Crippen MR) is 58.5 cm³/mol. The van der Waals surface area contributed by atoms with Crippen molar-refractivity contribution in [3.8, 4) is 5.95 Å². The molecule has 6 heteroatoms. The van der Waals surface area contributed by atoms with Crippen LogP contribution in [0.25, 0.3) is 16.9 Å². The number of alkyl halides is 1. The normalized spacial score (nSPS) is 11.1. The van der Waals surface area contributed by atoms with Gasteiger partial charge in [-0.15, -0.1) is 11.6 Å². The second-order valence-corrected chi connectivity index (χ2v) is 3.52. The molecule has 2 heterocycles. The molecule has 0 radical (unpaired) electrons. The summed E-state index contributed by atoms with van der Waals surface area (Å²) >= 11 is 5.58. The Balaban J connectivity index is 2.11. The van der Waals surface area contributed by atoms with Gasteiger partial charge in [0.25, 0.3) is 5.95 Å². The fourth-order valence-electron chi connectivity index (χ4n) is 1.46. The van der Waals surface area contributed by atoms with Crippen LogP contribution in [-0.4, -0.2) is 19.9 Å². The van der Waals surface area contributed by atoms with Crippen LogP contribution in [-0.2, 0) is 5.88 Å². The second kappa shape index (κ2) is 3.61. The Labute approximate surface area is 95.6 Å². The molecule has 0 aliphatic carbocycles. The maximum atomic E-state index is 5.58. The highest BCUT2D eigenvalue weighted by atomic mass is 35.5. The highest BCUT2D eigenvalue weighted by Gasteiger charge is 2.08. The van der Waals surface area contributed by atoms with Crippen LogP contribution in [0.1, 0.15) is 5.89 Å². The van der Waals surface area contributed by atoms with Gasteiger partial charge in [0.15, 0.2) is 0 Å². The molecule has 0 unspecified atom stereocenters. The summed E-state index contributed by atoms with van der Waals surface area (Å²) in [6, 6.07) is 7.78. The fraction of sp³-hybridized carbons (Fsp3) is 0.100. The van der Waals surface area contributed by atoms with Gasteiger partial charge in [0.1, 0.15) is 5.88 Å². The van der Waals surface area contributed by atoms with Crippen LogP contribution in [0, 0.1) is 0 Å². The second-order valence-electron chi connectivity index (χ2n) is 3.25. The summed E-state index contributed by atoms with van der Waals surface area (Å²) in [6.07, 6.45) is 1.85. The van der Waals surface area contributed by atoms with Crippen LogP contribution in [0.5, 0.6) is 0 Å². The van der Waals surface area contributed by atoms with Crippen molar-refractivity contribution in [1.29, 1.82) is 0 Å². The van der Waals surface area contributed by atoms with Crippen molar-refractivity contribution in [2.45, 2.75) is 5.88 Å². The van der Waals surface area contributed by atoms with E-state index in [1.807, 2.05) is 30.5 Å². The Bertz CT molecular complexity index is 597. The van der Waals surface area contributed by atoms with E-state index in [4.69, 9.17) is 16.1 Å². The third-order valence-electron chi connectivity index (χ3n) is 2.19. The third-order valence-corrected chi connectivity index (χ3v) is 2.42. The van der Waals surface area contributed by atoms with Gasteiger partial charge < -0.3 is 4.52 Å². The molecule has 3 rings (SSSR count). The van der Waals surface area contributed by atoms with Crippen molar-refractivity contribution < 1.29 is 4.52 Å². The summed E-state index contributed by atoms with van der Waals surface area (Å²) in [5.41, 5.74) is 0.889. The van der Waals surface area contributed by atoms with Gasteiger partial charge in [0.05, 0.1) is 5.52 Å². The minimum atomic E-state index is 0.202. The lowest BCUT2D eigenvalue weighted by Gasteiger charge is -1.88. The van der Waals surface area contributed by atoms with Crippen molar-refractivity contribution >= 4 is 22.5 Å². The first kappa shape index (κ1) is 9.35. The summed E-state index contributed by atoms with van der Waals surface area (Å²) in [7, 11) is 0. The molecular weight excluding hydrogens is 228 g/mol. The first-order chi connectivity index (χ1) is 7.86. The number of halogens is 1. The van der Waals surface area contributed by atoms with Crippen LogP contribution in [0.15, 0.2) is 35.0 Å². The van der Waals surface area contributed by atoms with E-state index in [2.05, 4.69) is 15.2 Å². The Kier molecular flexibility index (Phi) is 2.11. The maximum absolute atomic E-state index is 5.58. The van der Waals surface area contributed by atoms with Gasteiger partial charge in [-0.1, -0.05) is 18.2 Å². The number of fused-ring (bicyclic) bond motifs is 1. The Morgan fingerprint density at radius 2 is 2.19 bits per heavy atom. The molecule has 0 saturated carbocycles. The molecule has 0 atom stereocenters. The molecule has 0 aliphatic rings. The Hall–Kier alpha value is -1.88. The minimum absolute atomic E-state index is 0.202. The van der Waals surface area contributed by atoms with Crippen LogP contribution in [0.3, 0.4) is 0 Å². The van der Waals surface area contributed by atoms with E-state index in [-0.39, 0.29) is 5.88 Å². The average Bonchev–Trinajstić information content (AvgIpc) is 2.95. The maximum Gasteiger partial charge on any atom is 0.290 e. The number of rotatable bonds is 2. The van der Waals surface area contributed by atoms with Crippen LogP contribution >= 0.6 is 11.6 Å². The van der Waals surface area contributed by atoms with E-state index in [0.717, 1.165) is 10.9 Å². The fourth-order valence-corrected chi connectivity index (χ4v) is 1.57. The monoisotopic (exact) mass is 234 g/mol. The lowest BCUT2D eigenvalue weighted by atomic mass is 10.3. The van der Waals surface area contributed by atoms with E-state index in [1.165, 1.54) is 0 Å². The molecule has 80 valence electrons. The molecule has 1 aromatic carbocycles. The highest BCUT2D eigenvalue weighted by Crippen LogP contribution is 2.13. The summed E-state index contributed by atoms with van der Waals surface area (Å²) in [4.78, 5) is 4.08. The number of hydrogen-bond donors (Lipinski definition) is 0. The standard InChI is InChI=1S/C10H7ClN4O/c11-5-9-12-10(14-16-9)15-6-7-3-1-2-4-8(7)13-15/h1-4,6H,5H2. The zero-order chi connectivity index (χ0) is 11.0. The van der Waals surface area contributed by atoms with Crippen molar-refractivity contribution in [3.05, 3.63) is 36.4 Å². The first-order valence-corrected chi connectivity index (χ1v) is 5.23. The molecule has 0 bridgehead atoms. The van der Waals surface area contributed by atoms with Gasteiger partial charge >= 0.3 is 0 Å². The number of benzene rings is 1. The predicted octanol–water partition coefficient (Wildman–Crippen LogP) is 2.15. The van der Waals surface area contributed by atoms with Crippen LogP contribution < -0.4 is 0 Å². The average molecular weight is 235 g/mol. The Morgan fingerprint density at radius 1 is 1.31 bits per heavy atom. The summed E-state index contributed by atoms with van der Waals surface area (Å²) in [5.74, 6) is 0.983. The summed E-state index contributed by atoms with van der Waals surface area (Å²) in [6.45, 7) is 0. The topological polar surface area (TPSA) is 56.7 Å². The van der Waals surface area contributed by atoms with Gasteiger partial charge in [-0.25, -0.2) is 4.68 Å². The summed E-state index contributed by atoms with van der Waals surface area (Å²) < 4.78 is 6.48. The van der Waals surface area contributed by atoms with E-state index in [9.17, 15) is 0 Å². The Morgan fingerprint density at radius 3 is 2.94 bits per heavy atom. The molecule has 0 fully saturated rings. The zero-order valence-corrected chi connectivity index (χ0v) is 8.92. The van der Waals surface area contributed by atoms with Crippen LogP contribution in [0.2, 0.25) is 0 Å². The quantitative estimate of drug-likeness (QED) is 0.638. The number of hydrogen-bond acceptors (Lipinski definition) is 4. The van der Waals surface area contributed by atoms with Crippen LogP contribution in [0.4, 0.5) is 0 Å². The number of nitrogens with zero attached hydrogens (tertiary/aromatic N) is 4. The molecular formula is C10H7ClN4O. The molecule has 0 spiro atoms. The van der Waals surface area contributed by atoms with Gasteiger partial charge in [0.2, 0.25) is 5.89 Å². The molecule has 16 heavy (non-hydrogen) atoms. The number of aromatic nitrogens is 4. The van der Waals surface area contributed by atoms with Crippen molar-refractivity contribution in [2.75, 3.05) is 0 Å².